The Labute approximate surface area is 94.5 Å². The molecule has 2 N–H and O–H groups in total. The maximum Gasteiger partial charge on any atom is 0.0587 e. The molecule has 0 spiro atoms. The maximum absolute atomic E-state index is 9.39. The van der Waals surface area contributed by atoms with Crippen molar-refractivity contribution in [1.82, 2.24) is 5.32 Å². The topological polar surface area (TPSA) is 32.3 Å². The summed E-state index contributed by atoms with van der Waals surface area (Å²) in [7, 11) is 0. The first-order valence-corrected chi connectivity index (χ1v) is 6.47. The second kappa shape index (κ2) is 6.49. The summed E-state index contributed by atoms with van der Waals surface area (Å²) in [4.78, 5) is 0. The number of hydrogen-bond donors (Lipinski definition) is 2. The summed E-state index contributed by atoms with van der Waals surface area (Å²) in [5.41, 5.74) is 0. The summed E-state index contributed by atoms with van der Waals surface area (Å²) in [6, 6.07) is 0.333. The molecule has 2 nitrogen and oxygen atoms in total. The second-order valence-corrected chi connectivity index (χ2v) is 5.61. The van der Waals surface area contributed by atoms with Crippen LogP contribution in [0.15, 0.2) is 0 Å². The molecule has 0 amide bonds. The van der Waals surface area contributed by atoms with Crippen LogP contribution in [0.4, 0.5) is 0 Å². The molecule has 0 aromatic rings. The van der Waals surface area contributed by atoms with E-state index in [1.54, 1.807) is 0 Å². The van der Waals surface area contributed by atoms with Crippen molar-refractivity contribution < 1.29 is 5.11 Å². The first-order chi connectivity index (χ1) is 7.13. The largest absolute Gasteiger partial charge is 0.395 e. The molecule has 1 aliphatic carbocycles. The number of hydrogen-bond acceptors (Lipinski definition) is 2. The summed E-state index contributed by atoms with van der Waals surface area (Å²) in [6.07, 6.45) is 5.25. The molecular weight excluding hydrogens is 186 g/mol. The molecule has 0 aliphatic heterocycles. The van der Waals surface area contributed by atoms with Gasteiger partial charge in [0, 0.05) is 6.04 Å². The standard InChI is InChI=1S/C13H27NO/c1-10(2)8-14-13(9-15)12-6-4-11(3)5-7-12/h10-15H,4-9H2,1-3H3. The molecule has 0 radical (unpaired) electrons. The average molecular weight is 213 g/mol. The van der Waals surface area contributed by atoms with Gasteiger partial charge in [0.2, 0.25) is 0 Å². The predicted molar refractivity (Wildman–Crippen MR) is 64.8 cm³/mol. The molecule has 1 atom stereocenters. The summed E-state index contributed by atoms with van der Waals surface area (Å²) >= 11 is 0. The predicted octanol–water partition coefficient (Wildman–Crippen LogP) is 2.42. The molecule has 1 unspecified atom stereocenters. The Morgan fingerprint density at radius 2 is 1.80 bits per heavy atom. The van der Waals surface area contributed by atoms with Crippen molar-refractivity contribution in [3.05, 3.63) is 0 Å². The molecule has 1 saturated carbocycles. The SMILES string of the molecule is CC(C)CNC(CO)C1CCC(C)CC1. The molecule has 90 valence electrons. The Balaban J connectivity index is 2.31. The lowest BCUT2D eigenvalue weighted by Gasteiger charge is -2.32. The zero-order valence-electron chi connectivity index (χ0n) is 10.5. The zero-order chi connectivity index (χ0) is 11.3. The highest BCUT2D eigenvalue weighted by Gasteiger charge is 2.25. The zero-order valence-corrected chi connectivity index (χ0v) is 10.5. The third kappa shape index (κ3) is 4.52. The Morgan fingerprint density at radius 3 is 2.27 bits per heavy atom. The van der Waals surface area contributed by atoms with Gasteiger partial charge in [-0.05, 0) is 37.1 Å². The van der Waals surface area contributed by atoms with E-state index in [2.05, 4.69) is 26.1 Å². The van der Waals surface area contributed by atoms with Crippen molar-refractivity contribution in [2.24, 2.45) is 17.8 Å². The highest BCUT2D eigenvalue weighted by Crippen LogP contribution is 2.30. The minimum absolute atomic E-state index is 0.297. The molecule has 15 heavy (non-hydrogen) atoms. The Bertz CT molecular complexity index is 162. The van der Waals surface area contributed by atoms with E-state index < -0.39 is 0 Å². The summed E-state index contributed by atoms with van der Waals surface area (Å²) < 4.78 is 0. The van der Waals surface area contributed by atoms with Crippen LogP contribution in [-0.2, 0) is 0 Å². The van der Waals surface area contributed by atoms with Crippen LogP contribution in [0.1, 0.15) is 46.5 Å². The Kier molecular flexibility index (Phi) is 5.62. The molecule has 0 saturated heterocycles. The maximum atomic E-state index is 9.39. The fourth-order valence-corrected chi connectivity index (χ4v) is 2.46. The summed E-state index contributed by atoms with van der Waals surface area (Å²) in [5.74, 6) is 2.26. The van der Waals surface area contributed by atoms with Gasteiger partial charge in [-0.15, -0.1) is 0 Å². The van der Waals surface area contributed by atoms with Crippen LogP contribution in [0.2, 0.25) is 0 Å². The van der Waals surface area contributed by atoms with Gasteiger partial charge in [0.1, 0.15) is 0 Å². The van der Waals surface area contributed by atoms with E-state index in [-0.39, 0.29) is 0 Å². The fraction of sp³-hybridized carbons (Fsp3) is 1.00. The normalized spacial score (nSPS) is 29.4. The van der Waals surface area contributed by atoms with Crippen LogP contribution in [0.5, 0.6) is 0 Å². The lowest BCUT2D eigenvalue weighted by atomic mass is 9.79. The van der Waals surface area contributed by atoms with Gasteiger partial charge >= 0.3 is 0 Å². The Morgan fingerprint density at radius 1 is 1.20 bits per heavy atom. The molecular formula is C13H27NO. The van der Waals surface area contributed by atoms with Crippen molar-refractivity contribution in [3.8, 4) is 0 Å². The quantitative estimate of drug-likeness (QED) is 0.735. The summed E-state index contributed by atoms with van der Waals surface area (Å²) in [6.45, 7) is 8.09. The second-order valence-electron chi connectivity index (χ2n) is 5.61. The van der Waals surface area contributed by atoms with E-state index >= 15 is 0 Å². The first-order valence-electron chi connectivity index (χ1n) is 6.47. The molecule has 2 heteroatoms. The van der Waals surface area contributed by atoms with E-state index in [1.807, 2.05) is 0 Å². The van der Waals surface area contributed by atoms with Crippen LogP contribution in [0.25, 0.3) is 0 Å². The molecule has 0 aromatic carbocycles. The van der Waals surface area contributed by atoms with Gasteiger partial charge in [-0.2, -0.15) is 0 Å². The molecule has 0 bridgehead atoms. The molecule has 1 rings (SSSR count). The van der Waals surface area contributed by atoms with Gasteiger partial charge in [-0.1, -0.05) is 33.6 Å². The smallest absolute Gasteiger partial charge is 0.0587 e. The highest BCUT2D eigenvalue weighted by molar-refractivity contribution is 4.80. The lowest BCUT2D eigenvalue weighted by Crippen LogP contribution is -2.42. The number of nitrogens with one attached hydrogen (secondary N) is 1. The van der Waals surface area contributed by atoms with Gasteiger partial charge in [0.15, 0.2) is 0 Å². The van der Waals surface area contributed by atoms with Crippen molar-refractivity contribution in [2.75, 3.05) is 13.2 Å². The van der Waals surface area contributed by atoms with Crippen LogP contribution >= 0.6 is 0 Å². The van der Waals surface area contributed by atoms with Crippen molar-refractivity contribution in [1.29, 1.82) is 0 Å². The lowest BCUT2D eigenvalue weighted by molar-refractivity contribution is 0.155. The average Bonchev–Trinajstić information content (AvgIpc) is 2.21. The van der Waals surface area contributed by atoms with Crippen molar-refractivity contribution in [2.45, 2.75) is 52.5 Å². The van der Waals surface area contributed by atoms with Gasteiger partial charge in [-0.3, -0.25) is 0 Å². The van der Waals surface area contributed by atoms with Crippen LogP contribution < -0.4 is 5.32 Å². The molecule has 1 fully saturated rings. The van der Waals surface area contributed by atoms with Crippen LogP contribution in [0.3, 0.4) is 0 Å². The van der Waals surface area contributed by atoms with E-state index in [4.69, 9.17) is 0 Å². The summed E-state index contributed by atoms with van der Waals surface area (Å²) in [5, 5.41) is 12.9. The fourth-order valence-electron chi connectivity index (χ4n) is 2.46. The minimum Gasteiger partial charge on any atom is -0.395 e. The number of aliphatic hydroxyl groups excluding tert-OH is 1. The third-order valence-corrected chi connectivity index (χ3v) is 3.61. The minimum atomic E-state index is 0.297. The van der Waals surface area contributed by atoms with Gasteiger partial charge in [-0.25, -0.2) is 0 Å². The third-order valence-electron chi connectivity index (χ3n) is 3.61. The van der Waals surface area contributed by atoms with E-state index in [0.717, 1.165) is 12.5 Å². The van der Waals surface area contributed by atoms with Gasteiger partial charge in [0.05, 0.1) is 6.61 Å². The van der Waals surface area contributed by atoms with Crippen molar-refractivity contribution >= 4 is 0 Å². The van der Waals surface area contributed by atoms with E-state index in [1.165, 1.54) is 25.7 Å². The monoisotopic (exact) mass is 213 g/mol. The molecule has 1 aliphatic rings. The van der Waals surface area contributed by atoms with Crippen molar-refractivity contribution in [3.63, 3.8) is 0 Å². The Hall–Kier alpha value is -0.0800. The van der Waals surface area contributed by atoms with E-state index in [9.17, 15) is 5.11 Å². The van der Waals surface area contributed by atoms with Crippen LogP contribution in [0, 0.1) is 17.8 Å². The number of aliphatic hydroxyl groups is 1. The van der Waals surface area contributed by atoms with Crippen LogP contribution in [-0.4, -0.2) is 24.3 Å². The van der Waals surface area contributed by atoms with Gasteiger partial charge in [0.25, 0.3) is 0 Å². The van der Waals surface area contributed by atoms with Gasteiger partial charge < -0.3 is 10.4 Å². The number of rotatable bonds is 5. The van der Waals surface area contributed by atoms with E-state index in [0.29, 0.717) is 24.5 Å². The first kappa shape index (κ1) is 13.0. The molecule has 0 heterocycles. The highest BCUT2D eigenvalue weighted by atomic mass is 16.3. The molecule has 0 aromatic heterocycles.